The van der Waals surface area contributed by atoms with E-state index < -0.39 is 0 Å². The molecule has 0 saturated heterocycles. The molecular weight excluding hydrogens is 148 g/mol. The van der Waals surface area contributed by atoms with Crippen LogP contribution in [0.4, 0.5) is 0 Å². The molecule has 0 fully saturated rings. The van der Waals surface area contributed by atoms with Crippen molar-refractivity contribution >= 4 is 16.8 Å². The maximum Gasteiger partial charge on any atom is 0.228 e. The highest BCUT2D eigenvalue weighted by Crippen LogP contribution is 2.22. The van der Waals surface area contributed by atoms with E-state index >= 15 is 0 Å². The fourth-order valence-corrected chi connectivity index (χ4v) is 1.33. The predicted molar refractivity (Wildman–Crippen MR) is 41.9 cm³/mol. The van der Waals surface area contributed by atoms with Gasteiger partial charge in [0.1, 0.15) is 0 Å². The van der Waals surface area contributed by atoms with Gasteiger partial charge in [0.25, 0.3) is 0 Å². The Labute approximate surface area is 66.1 Å². The first-order chi connectivity index (χ1) is 4.70. The molecule has 0 aromatic heterocycles. The first-order valence-corrected chi connectivity index (χ1v) is 3.95. The third-order valence-electron chi connectivity index (χ3n) is 1.90. The van der Waals surface area contributed by atoms with E-state index in [9.17, 15) is 4.79 Å². The molecule has 2 heteroatoms. The van der Waals surface area contributed by atoms with Gasteiger partial charge in [-0.05, 0) is 30.4 Å². The number of rotatable bonds is 1. The average molecular weight is 159 g/mol. The Morgan fingerprint density at radius 3 is 2.60 bits per heavy atom. The molecule has 0 aliphatic heterocycles. The smallest absolute Gasteiger partial charge is 0.228 e. The van der Waals surface area contributed by atoms with E-state index in [1.54, 1.807) is 0 Å². The standard InChI is InChI=1S/C8H11ClO/c1-6-2-4-7(5-3-6)8(9)10/h2,4,6-7H,3,5H2,1H3. The molecule has 1 aliphatic rings. The molecule has 0 heterocycles. The molecule has 0 saturated carbocycles. The second-order valence-corrected chi connectivity index (χ2v) is 3.22. The minimum absolute atomic E-state index is 0.0159. The zero-order valence-corrected chi connectivity index (χ0v) is 6.77. The fraction of sp³-hybridized carbons (Fsp3) is 0.625. The Morgan fingerprint density at radius 1 is 1.50 bits per heavy atom. The van der Waals surface area contributed by atoms with Crippen molar-refractivity contribution in [3.05, 3.63) is 12.2 Å². The highest BCUT2D eigenvalue weighted by Gasteiger charge is 2.17. The zero-order valence-electron chi connectivity index (χ0n) is 6.01. The van der Waals surface area contributed by atoms with Gasteiger partial charge < -0.3 is 0 Å². The molecule has 0 aromatic rings. The number of hydrogen-bond acceptors (Lipinski definition) is 1. The van der Waals surface area contributed by atoms with E-state index in [1.807, 2.05) is 6.08 Å². The first kappa shape index (κ1) is 7.80. The highest BCUT2D eigenvalue weighted by atomic mass is 35.5. The lowest BCUT2D eigenvalue weighted by atomic mass is 9.91. The van der Waals surface area contributed by atoms with Gasteiger partial charge in [0.05, 0.1) is 5.92 Å². The maximum atomic E-state index is 10.6. The van der Waals surface area contributed by atoms with Crippen LogP contribution in [0.15, 0.2) is 12.2 Å². The first-order valence-electron chi connectivity index (χ1n) is 3.58. The van der Waals surface area contributed by atoms with Crippen molar-refractivity contribution in [1.82, 2.24) is 0 Å². The molecule has 1 nitrogen and oxygen atoms in total. The minimum atomic E-state index is -0.219. The summed E-state index contributed by atoms with van der Waals surface area (Å²) in [5.74, 6) is 0.602. The van der Waals surface area contributed by atoms with E-state index in [2.05, 4.69) is 13.0 Å². The molecule has 0 N–H and O–H groups in total. The van der Waals surface area contributed by atoms with Crippen LogP contribution in [-0.2, 0) is 4.79 Å². The van der Waals surface area contributed by atoms with E-state index in [4.69, 9.17) is 11.6 Å². The van der Waals surface area contributed by atoms with Gasteiger partial charge in [-0.25, -0.2) is 0 Å². The van der Waals surface area contributed by atoms with Crippen molar-refractivity contribution < 1.29 is 4.79 Å². The van der Waals surface area contributed by atoms with Gasteiger partial charge in [-0.2, -0.15) is 0 Å². The van der Waals surface area contributed by atoms with Crippen LogP contribution in [0.5, 0.6) is 0 Å². The predicted octanol–water partition coefficient (Wildman–Crippen LogP) is 2.35. The van der Waals surface area contributed by atoms with Gasteiger partial charge in [0, 0.05) is 0 Å². The molecule has 0 radical (unpaired) electrons. The van der Waals surface area contributed by atoms with Crippen molar-refractivity contribution in [3.63, 3.8) is 0 Å². The minimum Gasteiger partial charge on any atom is -0.281 e. The number of hydrogen-bond donors (Lipinski definition) is 0. The van der Waals surface area contributed by atoms with Crippen molar-refractivity contribution in [2.24, 2.45) is 11.8 Å². The molecule has 10 heavy (non-hydrogen) atoms. The van der Waals surface area contributed by atoms with Crippen molar-refractivity contribution in [2.75, 3.05) is 0 Å². The zero-order chi connectivity index (χ0) is 7.56. The molecule has 0 bridgehead atoms. The molecule has 56 valence electrons. The Balaban J connectivity index is 2.53. The van der Waals surface area contributed by atoms with Crippen molar-refractivity contribution in [2.45, 2.75) is 19.8 Å². The summed E-state index contributed by atoms with van der Waals surface area (Å²) in [6.07, 6.45) is 5.98. The maximum absolute atomic E-state index is 10.6. The normalized spacial score (nSPS) is 32.2. The summed E-state index contributed by atoms with van der Waals surface area (Å²) >= 11 is 5.31. The number of carbonyl (C=O) groups excluding carboxylic acids is 1. The summed E-state index contributed by atoms with van der Waals surface area (Å²) in [6.45, 7) is 2.14. The van der Waals surface area contributed by atoms with Crippen LogP contribution < -0.4 is 0 Å². The van der Waals surface area contributed by atoms with Gasteiger partial charge in [-0.15, -0.1) is 0 Å². The van der Waals surface area contributed by atoms with Crippen LogP contribution >= 0.6 is 11.6 Å². The largest absolute Gasteiger partial charge is 0.281 e. The molecule has 0 spiro atoms. The van der Waals surface area contributed by atoms with Crippen LogP contribution in [0.1, 0.15) is 19.8 Å². The summed E-state index contributed by atoms with van der Waals surface area (Å²) in [6, 6.07) is 0. The van der Waals surface area contributed by atoms with Gasteiger partial charge in [0.2, 0.25) is 5.24 Å². The van der Waals surface area contributed by atoms with E-state index in [-0.39, 0.29) is 11.2 Å². The lowest BCUT2D eigenvalue weighted by Gasteiger charge is -2.16. The molecule has 0 aromatic carbocycles. The molecule has 1 aliphatic carbocycles. The van der Waals surface area contributed by atoms with E-state index in [0.717, 1.165) is 12.8 Å². The average Bonchev–Trinajstić information content (AvgIpc) is 1.88. The number of allylic oxidation sites excluding steroid dienone is 2. The Kier molecular flexibility index (Phi) is 2.50. The molecule has 2 unspecified atom stereocenters. The number of carbonyl (C=O) groups is 1. The van der Waals surface area contributed by atoms with E-state index in [0.29, 0.717) is 5.92 Å². The van der Waals surface area contributed by atoms with Gasteiger partial charge in [-0.1, -0.05) is 19.1 Å². The summed E-state index contributed by atoms with van der Waals surface area (Å²) < 4.78 is 0. The van der Waals surface area contributed by atoms with Crippen molar-refractivity contribution in [3.8, 4) is 0 Å². The SMILES string of the molecule is CC1C=CC(C(=O)Cl)CC1. The van der Waals surface area contributed by atoms with Crippen LogP contribution in [0.3, 0.4) is 0 Å². The summed E-state index contributed by atoms with van der Waals surface area (Å²) in [7, 11) is 0. The molecular formula is C8H11ClO. The molecule has 1 rings (SSSR count). The monoisotopic (exact) mass is 158 g/mol. The molecule has 0 amide bonds. The van der Waals surface area contributed by atoms with Crippen molar-refractivity contribution in [1.29, 1.82) is 0 Å². The Bertz CT molecular complexity index is 163. The second-order valence-electron chi connectivity index (χ2n) is 2.85. The van der Waals surface area contributed by atoms with Gasteiger partial charge in [0.15, 0.2) is 0 Å². The second kappa shape index (κ2) is 3.20. The third kappa shape index (κ3) is 1.84. The number of halogens is 1. The van der Waals surface area contributed by atoms with Gasteiger partial charge >= 0.3 is 0 Å². The quantitative estimate of drug-likeness (QED) is 0.423. The van der Waals surface area contributed by atoms with Crippen LogP contribution in [0.25, 0.3) is 0 Å². The van der Waals surface area contributed by atoms with Crippen LogP contribution in [-0.4, -0.2) is 5.24 Å². The lowest BCUT2D eigenvalue weighted by Crippen LogP contribution is -2.11. The Hall–Kier alpha value is -0.300. The summed E-state index contributed by atoms with van der Waals surface area (Å²) in [5.41, 5.74) is 0. The summed E-state index contributed by atoms with van der Waals surface area (Å²) in [5, 5.41) is -0.219. The highest BCUT2D eigenvalue weighted by molar-refractivity contribution is 6.64. The van der Waals surface area contributed by atoms with Crippen LogP contribution in [0.2, 0.25) is 0 Å². The van der Waals surface area contributed by atoms with Crippen LogP contribution in [0, 0.1) is 11.8 Å². The fourth-order valence-electron chi connectivity index (χ4n) is 1.15. The third-order valence-corrected chi connectivity index (χ3v) is 2.18. The topological polar surface area (TPSA) is 17.1 Å². The Morgan fingerprint density at radius 2 is 2.20 bits per heavy atom. The van der Waals surface area contributed by atoms with E-state index in [1.165, 1.54) is 0 Å². The van der Waals surface area contributed by atoms with Gasteiger partial charge in [-0.3, -0.25) is 4.79 Å². The lowest BCUT2D eigenvalue weighted by molar-refractivity contribution is -0.114. The molecule has 2 atom stereocenters. The summed E-state index contributed by atoms with van der Waals surface area (Å²) in [4.78, 5) is 10.6.